The van der Waals surface area contributed by atoms with Gasteiger partial charge in [0.2, 0.25) is 0 Å². The summed E-state index contributed by atoms with van der Waals surface area (Å²) >= 11 is 0. The smallest absolute Gasteiger partial charge is 0.257 e. The largest absolute Gasteiger partial charge is 0.507 e. The molecule has 1 amide bonds. The zero-order chi connectivity index (χ0) is 13.1. The molecule has 0 aromatic heterocycles. The van der Waals surface area contributed by atoms with Crippen molar-refractivity contribution in [2.24, 2.45) is 0 Å². The van der Waals surface area contributed by atoms with Gasteiger partial charge in [0.05, 0.1) is 24.9 Å². The van der Waals surface area contributed by atoms with Gasteiger partial charge in [-0.25, -0.2) is 4.39 Å². The monoisotopic (exact) mass is 255 g/mol. The lowest BCUT2D eigenvalue weighted by molar-refractivity contribution is -0.0447. The number of hydrogen-bond donors (Lipinski definition) is 2. The van der Waals surface area contributed by atoms with E-state index in [0.717, 1.165) is 12.1 Å². The third-order valence-electron chi connectivity index (χ3n) is 2.82. The number of nitrogens with zero attached hydrogens (tertiary/aromatic N) is 1. The Kier molecular flexibility index (Phi) is 3.78. The topological polar surface area (TPSA) is 70.0 Å². The number of amides is 1. The average molecular weight is 255 g/mol. The molecule has 6 heteroatoms. The maximum Gasteiger partial charge on any atom is 0.257 e. The van der Waals surface area contributed by atoms with Gasteiger partial charge in [-0.15, -0.1) is 0 Å². The number of phenolic OH excluding ortho intramolecular Hbond substituents is 1. The van der Waals surface area contributed by atoms with Crippen LogP contribution in [0.5, 0.6) is 5.75 Å². The van der Waals surface area contributed by atoms with E-state index < -0.39 is 17.8 Å². The van der Waals surface area contributed by atoms with Crippen LogP contribution in [0.2, 0.25) is 0 Å². The number of carbonyl (C=O) groups is 1. The molecule has 1 unspecified atom stereocenters. The fraction of sp³-hybridized carbons (Fsp3) is 0.417. The van der Waals surface area contributed by atoms with Crippen LogP contribution in [0.4, 0.5) is 4.39 Å². The summed E-state index contributed by atoms with van der Waals surface area (Å²) in [6.45, 7) is 0.802. The Hall–Kier alpha value is -1.66. The number of benzene rings is 1. The van der Waals surface area contributed by atoms with E-state index in [1.54, 1.807) is 0 Å². The van der Waals surface area contributed by atoms with Crippen LogP contribution in [0.3, 0.4) is 0 Å². The number of aromatic hydroxyl groups is 1. The third kappa shape index (κ3) is 2.60. The van der Waals surface area contributed by atoms with E-state index >= 15 is 0 Å². The van der Waals surface area contributed by atoms with Gasteiger partial charge in [0, 0.05) is 19.2 Å². The minimum Gasteiger partial charge on any atom is -0.507 e. The lowest BCUT2D eigenvalue weighted by Gasteiger charge is -2.32. The second-order valence-corrected chi connectivity index (χ2v) is 4.09. The highest BCUT2D eigenvalue weighted by Gasteiger charge is 2.26. The van der Waals surface area contributed by atoms with Gasteiger partial charge in [-0.1, -0.05) is 0 Å². The molecular weight excluding hydrogens is 241 g/mol. The molecule has 1 heterocycles. The molecule has 0 radical (unpaired) electrons. The second kappa shape index (κ2) is 5.32. The number of halogens is 1. The molecule has 2 N–H and O–H groups in total. The first kappa shape index (κ1) is 12.8. The molecule has 5 nitrogen and oxygen atoms in total. The van der Waals surface area contributed by atoms with Crippen molar-refractivity contribution in [2.75, 3.05) is 26.3 Å². The van der Waals surface area contributed by atoms with Crippen molar-refractivity contribution in [3.05, 3.63) is 29.6 Å². The van der Waals surface area contributed by atoms with Crippen LogP contribution in [-0.2, 0) is 4.74 Å². The first-order valence-corrected chi connectivity index (χ1v) is 5.62. The molecule has 0 saturated carbocycles. The van der Waals surface area contributed by atoms with E-state index in [1.807, 2.05) is 0 Å². The van der Waals surface area contributed by atoms with Crippen molar-refractivity contribution in [2.45, 2.75) is 6.10 Å². The maximum atomic E-state index is 12.8. The number of hydrogen-bond acceptors (Lipinski definition) is 4. The van der Waals surface area contributed by atoms with Crippen LogP contribution in [0, 0.1) is 5.82 Å². The summed E-state index contributed by atoms with van der Waals surface area (Å²) in [5.74, 6) is -1.37. The van der Waals surface area contributed by atoms with Crippen molar-refractivity contribution >= 4 is 5.91 Å². The van der Waals surface area contributed by atoms with Gasteiger partial charge in [-0.2, -0.15) is 0 Å². The minimum atomic E-state index is -0.598. The van der Waals surface area contributed by atoms with Crippen molar-refractivity contribution in [1.82, 2.24) is 4.90 Å². The molecule has 1 aromatic rings. The van der Waals surface area contributed by atoms with Crippen LogP contribution >= 0.6 is 0 Å². The molecule has 1 saturated heterocycles. The van der Waals surface area contributed by atoms with Crippen molar-refractivity contribution in [3.8, 4) is 5.75 Å². The zero-order valence-electron chi connectivity index (χ0n) is 9.67. The van der Waals surface area contributed by atoms with E-state index in [4.69, 9.17) is 9.84 Å². The van der Waals surface area contributed by atoms with Crippen LogP contribution in [0.15, 0.2) is 18.2 Å². The normalized spacial score (nSPS) is 19.9. The lowest BCUT2D eigenvalue weighted by Crippen LogP contribution is -2.46. The summed E-state index contributed by atoms with van der Waals surface area (Å²) in [5.41, 5.74) is 0.0509. The fourth-order valence-corrected chi connectivity index (χ4v) is 1.87. The lowest BCUT2D eigenvalue weighted by atomic mass is 10.1. The third-order valence-corrected chi connectivity index (χ3v) is 2.82. The Balaban J connectivity index is 2.15. The first-order valence-electron chi connectivity index (χ1n) is 5.62. The molecule has 1 aromatic carbocycles. The summed E-state index contributed by atoms with van der Waals surface area (Å²) in [4.78, 5) is 13.6. The molecule has 1 aliphatic heterocycles. The number of morpholine rings is 1. The van der Waals surface area contributed by atoms with Gasteiger partial charge < -0.3 is 19.8 Å². The number of aliphatic hydroxyl groups is 1. The molecule has 0 bridgehead atoms. The molecule has 1 fully saturated rings. The van der Waals surface area contributed by atoms with Gasteiger partial charge in [0.25, 0.3) is 5.91 Å². The number of phenols is 1. The van der Waals surface area contributed by atoms with Crippen LogP contribution in [0.1, 0.15) is 10.4 Å². The number of aliphatic hydroxyl groups excluding tert-OH is 1. The first-order chi connectivity index (χ1) is 8.61. The van der Waals surface area contributed by atoms with Crippen molar-refractivity contribution in [3.63, 3.8) is 0 Å². The number of rotatable bonds is 2. The Morgan fingerprint density at radius 1 is 1.56 bits per heavy atom. The van der Waals surface area contributed by atoms with E-state index in [1.165, 1.54) is 11.0 Å². The Bertz CT molecular complexity index is 452. The van der Waals surface area contributed by atoms with E-state index in [-0.39, 0.29) is 24.5 Å². The summed E-state index contributed by atoms with van der Waals surface area (Å²) in [6, 6.07) is 3.27. The molecule has 1 atom stereocenters. The minimum absolute atomic E-state index is 0.0509. The summed E-state index contributed by atoms with van der Waals surface area (Å²) in [7, 11) is 0. The number of carbonyl (C=O) groups excluding carboxylic acids is 1. The fourth-order valence-electron chi connectivity index (χ4n) is 1.87. The number of ether oxygens (including phenoxy) is 1. The van der Waals surface area contributed by atoms with E-state index in [2.05, 4.69) is 0 Å². The second-order valence-electron chi connectivity index (χ2n) is 4.09. The zero-order valence-corrected chi connectivity index (χ0v) is 9.67. The highest BCUT2D eigenvalue weighted by atomic mass is 19.1. The Morgan fingerprint density at radius 2 is 2.33 bits per heavy atom. The maximum absolute atomic E-state index is 12.8. The van der Waals surface area contributed by atoms with Gasteiger partial charge >= 0.3 is 0 Å². The molecule has 0 spiro atoms. The Labute approximate surface area is 103 Å². The van der Waals surface area contributed by atoms with Crippen LogP contribution in [-0.4, -0.2) is 53.4 Å². The molecule has 2 rings (SSSR count). The predicted octanol–water partition coefficient (Wildman–Crippen LogP) is 0.365. The van der Waals surface area contributed by atoms with Gasteiger partial charge in [-0.05, 0) is 12.1 Å². The summed E-state index contributed by atoms with van der Waals surface area (Å²) in [5, 5.41) is 18.5. The highest BCUT2D eigenvalue weighted by Crippen LogP contribution is 2.21. The Morgan fingerprint density at radius 3 is 3.00 bits per heavy atom. The van der Waals surface area contributed by atoms with Crippen molar-refractivity contribution < 1.29 is 24.1 Å². The van der Waals surface area contributed by atoms with Gasteiger partial charge in [0.1, 0.15) is 11.6 Å². The summed E-state index contributed by atoms with van der Waals surface area (Å²) in [6.07, 6.45) is -0.412. The van der Waals surface area contributed by atoms with Gasteiger partial charge in [0.15, 0.2) is 0 Å². The molecule has 98 valence electrons. The van der Waals surface area contributed by atoms with E-state index in [9.17, 15) is 14.3 Å². The predicted molar refractivity (Wildman–Crippen MR) is 60.8 cm³/mol. The SMILES string of the molecule is O=C(c1ccc(F)cc1O)N1CCOC(CO)C1. The molecule has 1 aliphatic rings. The molecular formula is C12H14FNO4. The molecule has 0 aliphatic carbocycles. The summed E-state index contributed by atoms with van der Waals surface area (Å²) < 4.78 is 18.1. The standard InChI is InChI=1S/C12H14FNO4/c13-8-1-2-10(11(16)5-8)12(17)14-3-4-18-9(6-14)7-15/h1-2,5,9,15-16H,3-4,6-7H2. The van der Waals surface area contributed by atoms with E-state index in [0.29, 0.717) is 13.2 Å². The van der Waals surface area contributed by atoms with Crippen molar-refractivity contribution in [1.29, 1.82) is 0 Å². The van der Waals surface area contributed by atoms with Gasteiger partial charge in [-0.3, -0.25) is 4.79 Å². The molecule has 18 heavy (non-hydrogen) atoms. The average Bonchev–Trinajstić information content (AvgIpc) is 2.38. The van der Waals surface area contributed by atoms with Crippen LogP contribution in [0.25, 0.3) is 0 Å². The highest BCUT2D eigenvalue weighted by molar-refractivity contribution is 5.96. The van der Waals surface area contributed by atoms with Crippen LogP contribution < -0.4 is 0 Å². The quantitative estimate of drug-likeness (QED) is 0.800.